The monoisotopic (exact) mass is 140 g/mol. The Kier molecular flexibility index (Phi) is 1.28. The van der Waals surface area contributed by atoms with Gasteiger partial charge in [-0.05, 0) is 12.8 Å². The van der Waals surface area contributed by atoms with Crippen LogP contribution < -0.4 is 5.48 Å². The van der Waals surface area contributed by atoms with E-state index in [1.807, 2.05) is 6.21 Å². The van der Waals surface area contributed by atoms with Gasteiger partial charge in [0.1, 0.15) is 0 Å². The Morgan fingerprint density at radius 2 is 2.50 bits per heavy atom. The van der Waals surface area contributed by atoms with Crippen molar-refractivity contribution in [2.75, 3.05) is 13.7 Å². The summed E-state index contributed by atoms with van der Waals surface area (Å²) in [5, 5.41) is 0. The maximum Gasteiger partial charge on any atom is 0.0743 e. The number of nitrogens with one attached hydrogen (secondary N) is 1. The van der Waals surface area contributed by atoms with Crippen LogP contribution in [0.15, 0.2) is 4.99 Å². The summed E-state index contributed by atoms with van der Waals surface area (Å²) in [6, 6.07) is 0.373. The van der Waals surface area contributed by atoms with Gasteiger partial charge < -0.3 is 4.84 Å². The first kappa shape index (κ1) is 6.31. The van der Waals surface area contributed by atoms with Crippen molar-refractivity contribution in [1.82, 2.24) is 5.48 Å². The largest absolute Gasteiger partial charge is 0.304 e. The maximum atomic E-state index is 4.86. The summed E-state index contributed by atoms with van der Waals surface area (Å²) in [5.74, 6) is 0. The Labute approximate surface area is 60.4 Å². The van der Waals surface area contributed by atoms with Crippen molar-refractivity contribution in [2.24, 2.45) is 10.4 Å². The minimum Gasteiger partial charge on any atom is -0.304 e. The molecule has 0 amide bonds. The Balaban J connectivity index is 1.99. The second-order valence-corrected chi connectivity index (χ2v) is 3.15. The quantitative estimate of drug-likeness (QED) is 0.562. The first-order chi connectivity index (χ1) is 4.87. The number of hydrogen-bond donors (Lipinski definition) is 1. The lowest BCUT2D eigenvalue weighted by Gasteiger charge is -2.15. The van der Waals surface area contributed by atoms with Crippen LogP contribution in [-0.4, -0.2) is 25.9 Å². The normalized spacial score (nSPS) is 33.5. The summed E-state index contributed by atoms with van der Waals surface area (Å²) in [5.41, 5.74) is 3.40. The molecular weight excluding hydrogens is 128 g/mol. The van der Waals surface area contributed by atoms with Gasteiger partial charge in [0.25, 0.3) is 0 Å². The summed E-state index contributed by atoms with van der Waals surface area (Å²) >= 11 is 0. The fourth-order valence-electron chi connectivity index (χ4n) is 1.51. The highest BCUT2D eigenvalue weighted by molar-refractivity contribution is 5.69. The van der Waals surface area contributed by atoms with Gasteiger partial charge in [0, 0.05) is 18.2 Å². The number of hydrogen-bond acceptors (Lipinski definition) is 3. The third-order valence-electron chi connectivity index (χ3n) is 2.46. The average Bonchev–Trinajstić information content (AvgIpc) is 2.57. The molecule has 2 aliphatic rings. The molecule has 1 fully saturated rings. The molecule has 1 spiro atoms. The van der Waals surface area contributed by atoms with Crippen molar-refractivity contribution in [3.63, 3.8) is 0 Å². The van der Waals surface area contributed by atoms with E-state index in [9.17, 15) is 0 Å². The first-order valence-electron chi connectivity index (χ1n) is 3.66. The van der Waals surface area contributed by atoms with Gasteiger partial charge in [-0.2, -0.15) is 5.48 Å². The topological polar surface area (TPSA) is 33.6 Å². The zero-order valence-corrected chi connectivity index (χ0v) is 6.13. The lowest BCUT2D eigenvalue weighted by atomic mass is 10.0. The molecule has 3 nitrogen and oxygen atoms in total. The van der Waals surface area contributed by atoms with E-state index in [4.69, 9.17) is 4.84 Å². The van der Waals surface area contributed by atoms with E-state index in [0.29, 0.717) is 11.5 Å². The van der Waals surface area contributed by atoms with Gasteiger partial charge in [0.05, 0.1) is 13.2 Å². The van der Waals surface area contributed by atoms with Gasteiger partial charge >= 0.3 is 0 Å². The van der Waals surface area contributed by atoms with Crippen LogP contribution in [0.5, 0.6) is 0 Å². The van der Waals surface area contributed by atoms with Crippen molar-refractivity contribution in [3.8, 4) is 0 Å². The predicted molar refractivity (Wildman–Crippen MR) is 39.0 cm³/mol. The van der Waals surface area contributed by atoms with E-state index >= 15 is 0 Å². The van der Waals surface area contributed by atoms with Crippen LogP contribution in [0.4, 0.5) is 0 Å². The predicted octanol–water partition coefficient (Wildman–Crippen LogP) is 0.371. The van der Waals surface area contributed by atoms with Crippen LogP contribution in [0, 0.1) is 5.41 Å². The summed E-state index contributed by atoms with van der Waals surface area (Å²) in [4.78, 5) is 9.09. The van der Waals surface area contributed by atoms with Crippen LogP contribution >= 0.6 is 0 Å². The Morgan fingerprint density at radius 1 is 1.70 bits per heavy atom. The van der Waals surface area contributed by atoms with Gasteiger partial charge in [0.15, 0.2) is 0 Å². The smallest absolute Gasteiger partial charge is 0.0743 e. The molecule has 1 N–H and O–H groups in total. The number of nitrogens with zero attached hydrogens (tertiary/aromatic N) is 1. The van der Waals surface area contributed by atoms with Crippen molar-refractivity contribution in [1.29, 1.82) is 0 Å². The summed E-state index contributed by atoms with van der Waals surface area (Å²) in [6.45, 7) is 0.994. The second kappa shape index (κ2) is 2.04. The van der Waals surface area contributed by atoms with E-state index in [-0.39, 0.29) is 0 Å². The second-order valence-electron chi connectivity index (χ2n) is 3.15. The molecule has 0 aromatic rings. The van der Waals surface area contributed by atoms with Gasteiger partial charge in [-0.15, -0.1) is 0 Å². The Morgan fingerprint density at radius 3 is 3.10 bits per heavy atom. The van der Waals surface area contributed by atoms with Crippen LogP contribution in [0.2, 0.25) is 0 Å². The van der Waals surface area contributed by atoms with Gasteiger partial charge in [-0.3, -0.25) is 4.99 Å². The molecule has 3 heteroatoms. The fraction of sp³-hybridized carbons (Fsp3) is 0.857. The summed E-state index contributed by atoms with van der Waals surface area (Å²) in [7, 11) is 1.66. The average molecular weight is 140 g/mol. The molecule has 1 aliphatic carbocycles. The zero-order valence-electron chi connectivity index (χ0n) is 6.13. The van der Waals surface area contributed by atoms with Gasteiger partial charge in [0.2, 0.25) is 0 Å². The summed E-state index contributed by atoms with van der Waals surface area (Å²) in [6.07, 6.45) is 4.57. The van der Waals surface area contributed by atoms with E-state index in [1.54, 1.807) is 7.11 Å². The molecule has 0 bridgehead atoms. The van der Waals surface area contributed by atoms with Crippen molar-refractivity contribution in [2.45, 2.75) is 18.9 Å². The van der Waals surface area contributed by atoms with Crippen molar-refractivity contribution < 1.29 is 4.84 Å². The molecule has 0 radical (unpaired) electrons. The molecule has 0 aromatic heterocycles. The van der Waals surface area contributed by atoms with E-state index in [1.165, 1.54) is 12.8 Å². The van der Waals surface area contributed by atoms with Gasteiger partial charge in [-0.1, -0.05) is 0 Å². The number of aliphatic imine (C=N–C) groups is 1. The highest BCUT2D eigenvalue weighted by Gasteiger charge is 2.51. The van der Waals surface area contributed by atoms with Crippen LogP contribution in [0.25, 0.3) is 0 Å². The minimum absolute atomic E-state index is 0.373. The SMILES string of the molecule is CONC1C=NCC12CC2. The first-order valence-corrected chi connectivity index (χ1v) is 3.66. The molecule has 1 unspecified atom stereocenters. The molecule has 10 heavy (non-hydrogen) atoms. The highest BCUT2D eigenvalue weighted by Crippen LogP contribution is 2.50. The molecular formula is C7H12N2O. The van der Waals surface area contributed by atoms with E-state index in [0.717, 1.165) is 6.54 Å². The molecule has 0 saturated heterocycles. The molecule has 1 aliphatic heterocycles. The van der Waals surface area contributed by atoms with Gasteiger partial charge in [-0.25, -0.2) is 0 Å². The Bertz CT molecular complexity index is 163. The molecule has 1 atom stereocenters. The molecule has 1 heterocycles. The van der Waals surface area contributed by atoms with Crippen LogP contribution in [0.1, 0.15) is 12.8 Å². The Hall–Kier alpha value is -0.410. The fourth-order valence-corrected chi connectivity index (χ4v) is 1.51. The molecule has 2 rings (SSSR count). The van der Waals surface area contributed by atoms with E-state index < -0.39 is 0 Å². The highest BCUT2D eigenvalue weighted by atomic mass is 16.6. The molecule has 0 aromatic carbocycles. The maximum absolute atomic E-state index is 4.86. The molecule has 56 valence electrons. The standard InChI is InChI=1S/C7H12N2O/c1-10-9-6-4-8-5-7(6)2-3-7/h4,6,9H,2-3,5H2,1H3. The third-order valence-corrected chi connectivity index (χ3v) is 2.46. The zero-order chi connectivity index (χ0) is 7.03. The lowest BCUT2D eigenvalue weighted by molar-refractivity contribution is 0.0640. The van der Waals surface area contributed by atoms with Crippen LogP contribution in [0.3, 0.4) is 0 Å². The van der Waals surface area contributed by atoms with Crippen LogP contribution in [-0.2, 0) is 4.84 Å². The summed E-state index contributed by atoms with van der Waals surface area (Å²) < 4.78 is 0. The third kappa shape index (κ3) is 0.777. The van der Waals surface area contributed by atoms with E-state index in [2.05, 4.69) is 10.5 Å². The lowest BCUT2D eigenvalue weighted by Crippen LogP contribution is -2.35. The number of rotatable bonds is 2. The molecule has 1 saturated carbocycles. The minimum atomic E-state index is 0.373. The van der Waals surface area contributed by atoms with Crippen molar-refractivity contribution >= 4 is 6.21 Å². The number of hydroxylamine groups is 1. The van der Waals surface area contributed by atoms with Crippen molar-refractivity contribution in [3.05, 3.63) is 0 Å².